The molecule has 0 aliphatic rings. The van der Waals surface area contributed by atoms with Gasteiger partial charge in [-0.1, -0.05) is 52.5 Å². The standard InChI is InChI=1S/C16H24BrNO/c1-13-7-8-14(2)15(11-13)12-16(19)18-10-6-4-3-5-9-17/h7-8,11H,3-6,9-10,12H2,1-2H3,(H,18,19). The summed E-state index contributed by atoms with van der Waals surface area (Å²) in [4.78, 5) is 11.8. The number of benzene rings is 1. The second kappa shape index (κ2) is 9.13. The van der Waals surface area contributed by atoms with Crippen LogP contribution in [0.15, 0.2) is 18.2 Å². The largest absolute Gasteiger partial charge is 0.356 e. The highest BCUT2D eigenvalue weighted by molar-refractivity contribution is 9.09. The van der Waals surface area contributed by atoms with Crippen molar-refractivity contribution >= 4 is 21.8 Å². The third-order valence-corrected chi connectivity index (χ3v) is 3.80. The Kier molecular flexibility index (Phi) is 7.80. The highest BCUT2D eigenvalue weighted by Gasteiger charge is 2.05. The summed E-state index contributed by atoms with van der Waals surface area (Å²) in [6.45, 7) is 4.92. The van der Waals surface area contributed by atoms with Crippen molar-refractivity contribution in [1.29, 1.82) is 0 Å². The summed E-state index contributed by atoms with van der Waals surface area (Å²) in [7, 11) is 0. The van der Waals surface area contributed by atoms with Gasteiger partial charge in [0.1, 0.15) is 0 Å². The third kappa shape index (κ3) is 6.76. The molecule has 0 radical (unpaired) electrons. The predicted molar refractivity (Wildman–Crippen MR) is 84.9 cm³/mol. The molecule has 0 aliphatic carbocycles. The SMILES string of the molecule is Cc1ccc(C)c(CC(=O)NCCCCCCBr)c1. The molecule has 0 heterocycles. The first-order valence-corrected chi connectivity index (χ1v) is 8.14. The number of unbranched alkanes of at least 4 members (excludes halogenated alkanes) is 3. The van der Waals surface area contributed by atoms with Crippen LogP contribution >= 0.6 is 15.9 Å². The Balaban J connectivity index is 2.25. The van der Waals surface area contributed by atoms with E-state index in [4.69, 9.17) is 0 Å². The number of nitrogens with one attached hydrogen (secondary N) is 1. The maximum atomic E-state index is 11.8. The van der Waals surface area contributed by atoms with E-state index in [0.717, 1.165) is 23.9 Å². The van der Waals surface area contributed by atoms with E-state index in [1.165, 1.54) is 30.4 Å². The van der Waals surface area contributed by atoms with Crippen LogP contribution in [0, 0.1) is 13.8 Å². The van der Waals surface area contributed by atoms with E-state index in [1.54, 1.807) is 0 Å². The summed E-state index contributed by atoms with van der Waals surface area (Å²) < 4.78 is 0. The van der Waals surface area contributed by atoms with Crippen molar-refractivity contribution in [3.63, 3.8) is 0 Å². The maximum Gasteiger partial charge on any atom is 0.224 e. The molecule has 0 saturated carbocycles. The number of aryl methyl sites for hydroxylation is 2. The smallest absolute Gasteiger partial charge is 0.224 e. The van der Waals surface area contributed by atoms with Crippen LogP contribution in [0.3, 0.4) is 0 Å². The first-order chi connectivity index (χ1) is 9.13. The van der Waals surface area contributed by atoms with Gasteiger partial charge in [-0.2, -0.15) is 0 Å². The first-order valence-electron chi connectivity index (χ1n) is 7.02. The lowest BCUT2D eigenvalue weighted by Gasteiger charge is -2.08. The molecule has 0 spiro atoms. The second-order valence-corrected chi connectivity index (χ2v) is 5.85. The minimum absolute atomic E-state index is 0.134. The van der Waals surface area contributed by atoms with Crippen LogP contribution in [0.1, 0.15) is 42.4 Å². The molecule has 19 heavy (non-hydrogen) atoms. The van der Waals surface area contributed by atoms with E-state index in [-0.39, 0.29) is 5.91 Å². The fourth-order valence-corrected chi connectivity index (χ4v) is 2.42. The van der Waals surface area contributed by atoms with E-state index >= 15 is 0 Å². The van der Waals surface area contributed by atoms with Gasteiger partial charge in [0.25, 0.3) is 0 Å². The zero-order valence-corrected chi connectivity index (χ0v) is 13.6. The van der Waals surface area contributed by atoms with Gasteiger partial charge in [-0.05, 0) is 37.8 Å². The Hall–Kier alpha value is -0.830. The van der Waals surface area contributed by atoms with Crippen LogP contribution in [-0.2, 0) is 11.2 Å². The third-order valence-electron chi connectivity index (χ3n) is 3.24. The van der Waals surface area contributed by atoms with Crippen LogP contribution < -0.4 is 5.32 Å². The average molecular weight is 326 g/mol. The molecule has 0 atom stereocenters. The normalized spacial score (nSPS) is 10.5. The van der Waals surface area contributed by atoms with Gasteiger partial charge in [0.05, 0.1) is 6.42 Å². The molecule has 106 valence electrons. The van der Waals surface area contributed by atoms with Gasteiger partial charge in [-0.3, -0.25) is 4.79 Å². The molecular weight excluding hydrogens is 302 g/mol. The number of carbonyl (C=O) groups is 1. The molecule has 0 aromatic heterocycles. The van der Waals surface area contributed by atoms with Gasteiger partial charge in [0, 0.05) is 11.9 Å². The molecule has 0 unspecified atom stereocenters. The van der Waals surface area contributed by atoms with Crippen molar-refractivity contribution in [2.75, 3.05) is 11.9 Å². The lowest BCUT2D eigenvalue weighted by Crippen LogP contribution is -2.26. The molecule has 0 saturated heterocycles. The summed E-state index contributed by atoms with van der Waals surface area (Å²) in [5, 5.41) is 4.08. The Morgan fingerprint density at radius 1 is 1.16 bits per heavy atom. The molecule has 0 fully saturated rings. The van der Waals surface area contributed by atoms with Gasteiger partial charge < -0.3 is 5.32 Å². The Morgan fingerprint density at radius 3 is 2.63 bits per heavy atom. The zero-order valence-electron chi connectivity index (χ0n) is 12.0. The van der Waals surface area contributed by atoms with Crippen LogP contribution in [0.5, 0.6) is 0 Å². The van der Waals surface area contributed by atoms with E-state index < -0.39 is 0 Å². The summed E-state index contributed by atoms with van der Waals surface area (Å²) in [5.74, 6) is 0.134. The zero-order chi connectivity index (χ0) is 14.1. The molecular formula is C16H24BrNO. The van der Waals surface area contributed by atoms with Crippen molar-refractivity contribution in [1.82, 2.24) is 5.32 Å². The Bertz CT molecular complexity index is 404. The van der Waals surface area contributed by atoms with E-state index in [2.05, 4.69) is 53.3 Å². The monoisotopic (exact) mass is 325 g/mol. The number of rotatable bonds is 8. The van der Waals surface area contributed by atoms with Crippen molar-refractivity contribution < 1.29 is 4.79 Å². The number of hydrogen-bond acceptors (Lipinski definition) is 1. The van der Waals surface area contributed by atoms with Crippen LogP contribution in [0.2, 0.25) is 0 Å². The lowest BCUT2D eigenvalue weighted by atomic mass is 10.0. The summed E-state index contributed by atoms with van der Waals surface area (Å²) in [5.41, 5.74) is 3.54. The van der Waals surface area contributed by atoms with E-state index in [1.807, 2.05) is 0 Å². The maximum absolute atomic E-state index is 11.8. The van der Waals surface area contributed by atoms with Gasteiger partial charge in [-0.15, -0.1) is 0 Å². The van der Waals surface area contributed by atoms with E-state index in [9.17, 15) is 4.79 Å². The summed E-state index contributed by atoms with van der Waals surface area (Å²) >= 11 is 3.42. The molecule has 1 aromatic rings. The second-order valence-electron chi connectivity index (χ2n) is 5.06. The van der Waals surface area contributed by atoms with Crippen molar-refractivity contribution in [3.8, 4) is 0 Å². The predicted octanol–water partition coefficient (Wildman–Crippen LogP) is 3.92. The number of alkyl halides is 1. The molecule has 1 N–H and O–H groups in total. The van der Waals surface area contributed by atoms with Crippen molar-refractivity contribution in [2.45, 2.75) is 46.0 Å². The molecule has 2 nitrogen and oxygen atoms in total. The quantitative estimate of drug-likeness (QED) is 0.569. The van der Waals surface area contributed by atoms with Crippen LogP contribution in [0.4, 0.5) is 0 Å². The minimum atomic E-state index is 0.134. The van der Waals surface area contributed by atoms with Crippen molar-refractivity contribution in [3.05, 3.63) is 34.9 Å². The van der Waals surface area contributed by atoms with Crippen molar-refractivity contribution in [2.24, 2.45) is 0 Å². The fraction of sp³-hybridized carbons (Fsp3) is 0.562. The fourth-order valence-electron chi connectivity index (χ4n) is 2.03. The molecule has 0 aliphatic heterocycles. The van der Waals surface area contributed by atoms with Crippen LogP contribution in [0.25, 0.3) is 0 Å². The van der Waals surface area contributed by atoms with Gasteiger partial charge in [0.15, 0.2) is 0 Å². The topological polar surface area (TPSA) is 29.1 Å². The summed E-state index contributed by atoms with van der Waals surface area (Å²) in [6, 6.07) is 6.27. The highest BCUT2D eigenvalue weighted by Crippen LogP contribution is 2.11. The summed E-state index contributed by atoms with van der Waals surface area (Å²) in [6.07, 6.45) is 5.21. The molecule has 3 heteroatoms. The highest BCUT2D eigenvalue weighted by atomic mass is 79.9. The number of carbonyl (C=O) groups excluding carboxylic acids is 1. The Morgan fingerprint density at radius 2 is 1.89 bits per heavy atom. The first kappa shape index (κ1) is 16.2. The van der Waals surface area contributed by atoms with Gasteiger partial charge >= 0.3 is 0 Å². The molecule has 1 rings (SSSR count). The minimum Gasteiger partial charge on any atom is -0.356 e. The Labute approximate surface area is 125 Å². The van der Waals surface area contributed by atoms with Crippen LogP contribution in [-0.4, -0.2) is 17.8 Å². The van der Waals surface area contributed by atoms with Gasteiger partial charge in [0.2, 0.25) is 5.91 Å². The molecule has 1 amide bonds. The molecule has 1 aromatic carbocycles. The molecule has 0 bridgehead atoms. The van der Waals surface area contributed by atoms with E-state index in [0.29, 0.717) is 6.42 Å². The number of hydrogen-bond donors (Lipinski definition) is 1. The average Bonchev–Trinajstić information content (AvgIpc) is 2.38. The van der Waals surface area contributed by atoms with Gasteiger partial charge in [-0.25, -0.2) is 0 Å². The lowest BCUT2D eigenvalue weighted by molar-refractivity contribution is -0.120. The number of amides is 1. The number of halogens is 1.